The molecule has 2 N–H and O–H groups in total. The lowest BCUT2D eigenvalue weighted by molar-refractivity contribution is 0.239. The number of rotatable bonds is 4. The average Bonchev–Trinajstić information content (AvgIpc) is 2.72. The fourth-order valence-electron chi connectivity index (χ4n) is 1.55. The Morgan fingerprint density at radius 3 is 2.89 bits per heavy atom. The summed E-state index contributed by atoms with van der Waals surface area (Å²) in [5, 5.41) is 3.64. The first kappa shape index (κ1) is 12.5. The van der Waals surface area contributed by atoms with Gasteiger partial charge >= 0.3 is 0 Å². The molecule has 0 aliphatic carbocycles. The molecule has 1 atom stereocenters. The summed E-state index contributed by atoms with van der Waals surface area (Å²) in [5.74, 6) is 0.879. The quantitative estimate of drug-likeness (QED) is 0.900. The van der Waals surface area contributed by atoms with Crippen LogP contribution in [0.2, 0.25) is 0 Å². The number of nitrogens with two attached hydrogens (primary N) is 1. The Bertz CT molecular complexity index is 540. The Morgan fingerprint density at radius 2 is 2.28 bits per heavy atom. The van der Waals surface area contributed by atoms with Gasteiger partial charge in [-0.15, -0.1) is 0 Å². The zero-order chi connectivity index (χ0) is 13.1. The molecule has 0 aliphatic heterocycles. The normalized spacial score (nSPS) is 12.4. The number of ether oxygens (including phenoxy) is 1. The zero-order valence-electron chi connectivity index (χ0n) is 10.2. The summed E-state index contributed by atoms with van der Waals surface area (Å²) in [7, 11) is 0. The second-order valence-corrected chi connectivity index (χ2v) is 3.99. The van der Waals surface area contributed by atoms with Gasteiger partial charge in [-0.3, -0.25) is 0 Å². The number of aromatic nitrogens is 2. The van der Waals surface area contributed by atoms with Crippen molar-refractivity contribution in [3.63, 3.8) is 0 Å². The van der Waals surface area contributed by atoms with Crippen molar-refractivity contribution in [2.24, 2.45) is 5.73 Å². The fourth-order valence-corrected chi connectivity index (χ4v) is 1.55. The third-order valence-corrected chi connectivity index (χ3v) is 2.39. The van der Waals surface area contributed by atoms with Crippen LogP contribution in [0.15, 0.2) is 22.7 Å². The van der Waals surface area contributed by atoms with Gasteiger partial charge in [-0.1, -0.05) is 11.2 Å². The van der Waals surface area contributed by atoms with E-state index in [1.54, 1.807) is 19.9 Å². The number of benzene rings is 1. The Balaban J connectivity index is 2.15. The van der Waals surface area contributed by atoms with Crippen molar-refractivity contribution < 1.29 is 13.7 Å². The van der Waals surface area contributed by atoms with Crippen LogP contribution in [0, 0.1) is 12.7 Å². The maximum atomic E-state index is 13.2. The zero-order valence-corrected chi connectivity index (χ0v) is 10.2. The Labute approximate surface area is 104 Å². The molecule has 0 aliphatic rings. The SMILES string of the molecule is Cc1noc(COc2cc(F)ccc2[C@@H](C)N)n1. The summed E-state index contributed by atoms with van der Waals surface area (Å²) in [6.07, 6.45) is 0. The van der Waals surface area contributed by atoms with Crippen molar-refractivity contribution in [3.8, 4) is 5.75 Å². The second-order valence-electron chi connectivity index (χ2n) is 3.99. The predicted molar refractivity (Wildman–Crippen MR) is 62.4 cm³/mol. The van der Waals surface area contributed by atoms with Crippen LogP contribution in [0.1, 0.15) is 30.2 Å². The number of hydrogen-bond acceptors (Lipinski definition) is 5. The van der Waals surface area contributed by atoms with Crippen molar-refractivity contribution >= 4 is 0 Å². The van der Waals surface area contributed by atoms with Crippen LogP contribution in [0.25, 0.3) is 0 Å². The topological polar surface area (TPSA) is 74.2 Å². The van der Waals surface area contributed by atoms with E-state index in [9.17, 15) is 4.39 Å². The van der Waals surface area contributed by atoms with E-state index < -0.39 is 0 Å². The number of halogens is 1. The smallest absolute Gasteiger partial charge is 0.264 e. The number of hydrogen-bond donors (Lipinski definition) is 1. The molecule has 0 radical (unpaired) electrons. The first-order valence-corrected chi connectivity index (χ1v) is 5.53. The molecule has 0 spiro atoms. The third-order valence-electron chi connectivity index (χ3n) is 2.39. The van der Waals surface area contributed by atoms with Gasteiger partial charge in [0.15, 0.2) is 12.4 Å². The van der Waals surface area contributed by atoms with Crippen molar-refractivity contribution in [2.75, 3.05) is 0 Å². The Morgan fingerprint density at radius 1 is 1.50 bits per heavy atom. The predicted octanol–water partition coefficient (Wildman–Crippen LogP) is 2.12. The summed E-state index contributed by atoms with van der Waals surface area (Å²) in [6.45, 7) is 3.60. The van der Waals surface area contributed by atoms with Crippen LogP contribution in [0.3, 0.4) is 0 Å². The summed E-state index contributed by atoms with van der Waals surface area (Å²) in [6, 6.07) is 4.00. The van der Waals surface area contributed by atoms with Crippen molar-refractivity contribution in [1.82, 2.24) is 10.1 Å². The van der Waals surface area contributed by atoms with Crippen LogP contribution >= 0.6 is 0 Å². The lowest BCUT2D eigenvalue weighted by atomic mass is 10.1. The summed E-state index contributed by atoms with van der Waals surface area (Å²) >= 11 is 0. The first-order valence-electron chi connectivity index (χ1n) is 5.53. The standard InChI is InChI=1S/C12H14FN3O2/c1-7(14)10-4-3-9(13)5-11(10)17-6-12-15-8(2)16-18-12/h3-5,7H,6,14H2,1-2H3/t7-/m1/s1. The monoisotopic (exact) mass is 251 g/mol. The molecule has 0 unspecified atom stereocenters. The van der Waals surface area contributed by atoms with Gasteiger partial charge in [-0.2, -0.15) is 4.98 Å². The lowest BCUT2D eigenvalue weighted by Gasteiger charge is -2.12. The van der Waals surface area contributed by atoms with Gasteiger partial charge in [0.1, 0.15) is 11.6 Å². The molecule has 1 aromatic heterocycles. The Hall–Kier alpha value is -1.95. The van der Waals surface area contributed by atoms with E-state index in [2.05, 4.69) is 10.1 Å². The molecule has 6 heteroatoms. The van der Waals surface area contributed by atoms with Gasteiger partial charge in [0.2, 0.25) is 0 Å². The van der Waals surface area contributed by atoms with Gasteiger partial charge < -0.3 is 15.0 Å². The molecular formula is C12H14FN3O2. The van der Waals surface area contributed by atoms with Gasteiger partial charge in [0.25, 0.3) is 5.89 Å². The summed E-state index contributed by atoms with van der Waals surface area (Å²) in [5.41, 5.74) is 6.51. The minimum Gasteiger partial charge on any atom is -0.483 e. The number of aryl methyl sites for hydroxylation is 1. The maximum Gasteiger partial charge on any atom is 0.264 e. The van der Waals surface area contributed by atoms with Crippen LogP contribution < -0.4 is 10.5 Å². The van der Waals surface area contributed by atoms with Crippen molar-refractivity contribution in [3.05, 3.63) is 41.3 Å². The van der Waals surface area contributed by atoms with Crippen LogP contribution in [-0.4, -0.2) is 10.1 Å². The van der Waals surface area contributed by atoms with Gasteiger partial charge in [-0.05, 0) is 19.9 Å². The van der Waals surface area contributed by atoms with E-state index in [-0.39, 0.29) is 18.5 Å². The van der Waals surface area contributed by atoms with E-state index in [0.717, 1.165) is 5.56 Å². The molecule has 0 bridgehead atoms. The van der Waals surface area contributed by atoms with Crippen molar-refractivity contribution in [2.45, 2.75) is 26.5 Å². The second kappa shape index (κ2) is 5.14. The van der Waals surface area contributed by atoms with Gasteiger partial charge in [0.05, 0.1) is 0 Å². The number of nitrogens with zero attached hydrogens (tertiary/aromatic N) is 2. The minimum atomic E-state index is -0.379. The minimum absolute atomic E-state index is 0.0873. The highest BCUT2D eigenvalue weighted by Gasteiger charge is 2.11. The molecule has 18 heavy (non-hydrogen) atoms. The lowest BCUT2D eigenvalue weighted by Crippen LogP contribution is -2.08. The molecule has 5 nitrogen and oxygen atoms in total. The Kier molecular flexibility index (Phi) is 3.57. The van der Waals surface area contributed by atoms with Crippen molar-refractivity contribution in [1.29, 1.82) is 0 Å². The van der Waals surface area contributed by atoms with E-state index in [4.69, 9.17) is 15.0 Å². The highest BCUT2D eigenvalue weighted by atomic mass is 19.1. The summed E-state index contributed by atoms with van der Waals surface area (Å²) < 4.78 is 23.5. The third kappa shape index (κ3) is 2.84. The molecule has 0 saturated heterocycles. The first-order chi connectivity index (χ1) is 8.56. The molecule has 2 rings (SSSR count). The van der Waals surface area contributed by atoms with E-state index in [1.807, 2.05) is 0 Å². The summed E-state index contributed by atoms with van der Waals surface area (Å²) in [4.78, 5) is 3.99. The van der Waals surface area contributed by atoms with Gasteiger partial charge in [-0.25, -0.2) is 4.39 Å². The van der Waals surface area contributed by atoms with E-state index >= 15 is 0 Å². The highest BCUT2D eigenvalue weighted by molar-refractivity contribution is 5.36. The van der Waals surface area contributed by atoms with Gasteiger partial charge in [0, 0.05) is 17.7 Å². The molecule has 0 saturated carbocycles. The fraction of sp³-hybridized carbons (Fsp3) is 0.333. The molecule has 1 heterocycles. The molecule has 96 valence electrons. The van der Waals surface area contributed by atoms with Crippen LogP contribution in [0.5, 0.6) is 5.75 Å². The molecular weight excluding hydrogens is 237 g/mol. The largest absolute Gasteiger partial charge is 0.483 e. The van der Waals surface area contributed by atoms with E-state index in [0.29, 0.717) is 17.5 Å². The maximum absolute atomic E-state index is 13.2. The average molecular weight is 251 g/mol. The molecule has 0 amide bonds. The van der Waals surface area contributed by atoms with Crippen LogP contribution in [0.4, 0.5) is 4.39 Å². The highest BCUT2D eigenvalue weighted by Crippen LogP contribution is 2.25. The molecule has 2 aromatic rings. The van der Waals surface area contributed by atoms with E-state index in [1.165, 1.54) is 12.1 Å². The molecule has 1 aromatic carbocycles. The molecule has 0 fully saturated rings. The van der Waals surface area contributed by atoms with Crippen LogP contribution in [-0.2, 0) is 6.61 Å².